The molecule has 2 aromatic heterocycles. The summed E-state index contributed by atoms with van der Waals surface area (Å²) in [5.74, 6) is 0.228. The lowest BCUT2D eigenvalue weighted by molar-refractivity contribution is -0.111. The molecule has 2 aromatic carbocycles. The number of furan rings is 1. The number of thiazole rings is 1. The van der Waals surface area contributed by atoms with Gasteiger partial charge in [0.2, 0.25) is 5.91 Å². The number of fused-ring (bicyclic) bond motifs is 2. The molecule has 2 heterocycles. The van der Waals surface area contributed by atoms with Crippen LogP contribution in [0.5, 0.6) is 0 Å². The van der Waals surface area contributed by atoms with Gasteiger partial charge >= 0.3 is 0 Å². The quantitative estimate of drug-likeness (QED) is 0.523. The van der Waals surface area contributed by atoms with Crippen LogP contribution in [0.3, 0.4) is 0 Å². The number of hydrogen-bond donors (Lipinski definition) is 1. The number of nitrogens with zero attached hydrogens (tertiary/aromatic N) is 1. The summed E-state index contributed by atoms with van der Waals surface area (Å²) in [5.41, 5.74) is 1.38. The standard InChI is InChI=1S/C19H14N2O4S2/c1-27(23,24)14-7-8-15-17(11-14)26-19(20-15)21-18(22)9-6-13-10-12-4-2-3-5-16(12)25-13/h2-11H,1H3,(H,20,21,22)/b9-6+. The Balaban J connectivity index is 1.52. The molecule has 4 aromatic rings. The topological polar surface area (TPSA) is 89.3 Å². The normalized spacial score (nSPS) is 12.2. The molecule has 4 rings (SSSR count). The highest BCUT2D eigenvalue weighted by molar-refractivity contribution is 7.90. The summed E-state index contributed by atoms with van der Waals surface area (Å²) in [5, 5.41) is 4.05. The molecule has 1 amide bonds. The lowest BCUT2D eigenvalue weighted by atomic mass is 10.2. The monoisotopic (exact) mass is 398 g/mol. The van der Waals surface area contributed by atoms with Crippen molar-refractivity contribution in [3.8, 4) is 0 Å². The molecule has 0 saturated heterocycles. The molecule has 6 nitrogen and oxygen atoms in total. The van der Waals surface area contributed by atoms with Crippen LogP contribution in [0.15, 0.2) is 63.9 Å². The molecule has 0 aliphatic heterocycles. The van der Waals surface area contributed by atoms with Crippen molar-refractivity contribution in [3.05, 3.63) is 60.4 Å². The average Bonchev–Trinajstić information content (AvgIpc) is 3.21. The molecular weight excluding hydrogens is 384 g/mol. The highest BCUT2D eigenvalue weighted by Gasteiger charge is 2.11. The van der Waals surface area contributed by atoms with E-state index in [1.54, 1.807) is 18.2 Å². The molecule has 0 fully saturated rings. The number of para-hydroxylation sites is 1. The van der Waals surface area contributed by atoms with Gasteiger partial charge in [0.15, 0.2) is 15.0 Å². The zero-order valence-electron chi connectivity index (χ0n) is 14.2. The van der Waals surface area contributed by atoms with Crippen LogP contribution in [0, 0.1) is 0 Å². The number of amides is 1. The van der Waals surface area contributed by atoms with Crippen LogP contribution in [0.1, 0.15) is 5.76 Å². The van der Waals surface area contributed by atoms with Crippen LogP contribution < -0.4 is 5.32 Å². The number of benzene rings is 2. The van der Waals surface area contributed by atoms with Crippen molar-refractivity contribution in [1.82, 2.24) is 4.98 Å². The summed E-state index contributed by atoms with van der Waals surface area (Å²) in [6, 6.07) is 14.1. The van der Waals surface area contributed by atoms with E-state index in [1.807, 2.05) is 30.3 Å². The summed E-state index contributed by atoms with van der Waals surface area (Å²) in [7, 11) is -3.29. The van der Waals surface area contributed by atoms with E-state index in [0.29, 0.717) is 21.1 Å². The molecule has 8 heteroatoms. The van der Waals surface area contributed by atoms with Crippen molar-refractivity contribution in [2.45, 2.75) is 4.90 Å². The smallest absolute Gasteiger partial charge is 0.250 e. The third-order valence-electron chi connectivity index (χ3n) is 3.86. The Morgan fingerprint density at radius 1 is 1.19 bits per heavy atom. The first kappa shape index (κ1) is 17.4. The van der Waals surface area contributed by atoms with Crippen LogP contribution in [0.4, 0.5) is 5.13 Å². The number of nitrogens with one attached hydrogen (secondary N) is 1. The fourth-order valence-electron chi connectivity index (χ4n) is 2.58. The van der Waals surface area contributed by atoms with Crippen molar-refractivity contribution in [2.75, 3.05) is 11.6 Å². The number of rotatable bonds is 4. The average molecular weight is 398 g/mol. The van der Waals surface area contributed by atoms with Crippen molar-refractivity contribution >= 4 is 59.5 Å². The fourth-order valence-corrected chi connectivity index (χ4v) is 4.21. The molecule has 0 aliphatic rings. The molecule has 0 unspecified atom stereocenters. The van der Waals surface area contributed by atoms with Crippen LogP contribution in [-0.4, -0.2) is 25.6 Å². The largest absolute Gasteiger partial charge is 0.457 e. The Kier molecular flexibility index (Phi) is 4.29. The first-order valence-electron chi connectivity index (χ1n) is 7.97. The highest BCUT2D eigenvalue weighted by atomic mass is 32.2. The predicted octanol–water partition coefficient (Wildman–Crippen LogP) is 4.10. The number of aromatic nitrogens is 1. The van der Waals surface area contributed by atoms with E-state index in [-0.39, 0.29) is 10.8 Å². The van der Waals surface area contributed by atoms with Gasteiger partial charge < -0.3 is 4.42 Å². The van der Waals surface area contributed by atoms with Gasteiger partial charge in [-0.1, -0.05) is 29.5 Å². The van der Waals surface area contributed by atoms with Gasteiger partial charge in [-0.15, -0.1) is 0 Å². The molecule has 0 spiro atoms. The second-order valence-corrected chi connectivity index (χ2v) is 8.98. The van der Waals surface area contributed by atoms with Gasteiger partial charge in [-0.25, -0.2) is 13.4 Å². The number of hydrogen-bond acceptors (Lipinski definition) is 6. The van der Waals surface area contributed by atoms with Gasteiger partial charge in [-0.05, 0) is 36.4 Å². The maximum absolute atomic E-state index is 12.1. The number of anilines is 1. The second kappa shape index (κ2) is 6.64. The van der Waals surface area contributed by atoms with Crippen LogP contribution in [0.2, 0.25) is 0 Å². The third-order valence-corrected chi connectivity index (χ3v) is 5.91. The molecule has 27 heavy (non-hydrogen) atoms. The van der Waals surface area contributed by atoms with Crippen LogP contribution >= 0.6 is 11.3 Å². The first-order valence-corrected chi connectivity index (χ1v) is 10.7. The third kappa shape index (κ3) is 3.76. The van der Waals surface area contributed by atoms with Crippen molar-refractivity contribution in [1.29, 1.82) is 0 Å². The molecule has 0 saturated carbocycles. The van der Waals surface area contributed by atoms with E-state index >= 15 is 0 Å². The summed E-state index contributed by atoms with van der Waals surface area (Å²) < 4.78 is 29.6. The van der Waals surface area contributed by atoms with Crippen LogP contribution in [-0.2, 0) is 14.6 Å². The Hall–Kier alpha value is -2.97. The lowest BCUT2D eigenvalue weighted by Crippen LogP contribution is -2.07. The Morgan fingerprint density at radius 2 is 2.00 bits per heavy atom. The lowest BCUT2D eigenvalue weighted by Gasteiger charge is -1.96. The first-order chi connectivity index (χ1) is 12.9. The fraction of sp³-hybridized carbons (Fsp3) is 0.0526. The zero-order chi connectivity index (χ0) is 19.0. The summed E-state index contributed by atoms with van der Waals surface area (Å²) >= 11 is 1.22. The summed E-state index contributed by atoms with van der Waals surface area (Å²) in [6.07, 6.45) is 4.11. The zero-order valence-corrected chi connectivity index (χ0v) is 15.8. The minimum absolute atomic E-state index is 0.223. The van der Waals surface area contributed by atoms with Crippen molar-refractivity contribution in [3.63, 3.8) is 0 Å². The molecule has 0 bridgehead atoms. The van der Waals surface area contributed by atoms with Crippen LogP contribution in [0.25, 0.3) is 27.3 Å². The molecular formula is C19H14N2O4S2. The highest BCUT2D eigenvalue weighted by Crippen LogP contribution is 2.28. The van der Waals surface area contributed by atoms with Gasteiger partial charge in [0.05, 0.1) is 15.1 Å². The minimum atomic E-state index is -3.29. The van der Waals surface area contributed by atoms with Gasteiger partial charge in [-0.3, -0.25) is 10.1 Å². The van der Waals surface area contributed by atoms with Gasteiger partial charge in [-0.2, -0.15) is 0 Å². The maximum atomic E-state index is 12.1. The minimum Gasteiger partial charge on any atom is -0.457 e. The summed E-state index contributed by atoms with van der Waals surface area (Å²) in [6.45, 7) is 0. The van der Waals surface area contributed by atoms with Crippen molar-refractivity contribution < 1.29 is 17.6 Å². The molecule has 0 atom stereocenters. The number of sulfone groups is 1. The predicted molar refractivity (Wildman–Crippen MR) is 107 cm³/mol. The van der Waals surface area contributed by atoms with E-state index in [9.17, 15) is 13.2 Å². The van der Waals surface area contributed by atoms with Gasteiger partial charge in [0.1, 0.15) is 11.3 Å². The van der Waals surface area contributed by atoms with Gasteiger partial charge in [0, 0.05) is 17.7 Å². The summed E-state index contributed by atoms with van der Waals surface area (Å²) in [4.78, 5) is 16.7. The van der Waals surface area contributed by atoms with E-state index in [4.69, 9.17) is 4.42 Å². The number of carbonyl (C=O) groups excluding carboxylic acids is 1. The Bertz CT molecular complexity index is 1270. The van der Waals surface area contributed by atoms with E-state index in [0.717, 1.165) is 17.2 Å². The van der Waals surface area contributed by atoms with E-state index in [2.05, 4.69) is 10.3 Å². The molecule has 0 aliphatic carbocycles. The second-order valence-electron chi connectivity index (χ2n) is 5.93. The molecule has 1 N–H and O–H groups in total. The van der Waals surface area contributed by atoms with E-state index in [1.165, 1.54) is 23.5 Å². The number of carbonyl (C=O) groups is 1. The van der Waals surface area contributed by atoms with E-state index < -0.39 is 9.84 Å². The van der Waals surface area contributed by atoms with Crippen molar-refractivity contribution in [2.24, 2.45) is 0 Å². The molecule has 136 valence electrons. The Morgan fingerprint density at radius 3 is 2.78 bits per heavy atom. The molecule has 0 radical (unpaired) electrons. The van der Waals surface area contributed by atoms with Gasteiger partial charge in [0.25, 0.3) is 0 Å². The maximum Gasteiger partial charge on any atom is 0.250 e. The Labute approximate surface area is 159 Å². The SMILES string of the molecule is CS(=O)(=O)c1ccc2nc(NC(=O)/C=C/c3cc4ccccc4o3)sc2c1.